The van der Waals surface area contributed by atoms with Crippen molar-refractivity contribution in [3.05, 3.63) is 11.6 Å². The number of fused-ring (bicyclic) bond motifs is 5. The van der Waals surface area contributed by atoms with Crippen molar-refractivity contribution >= 4 is 11.9 Å². The Morgan fingerprint density at radius 3 is 2.26 bits per heavy atom. The van der Waals surface area contributed by atoms with E-state index in [0.29, 0.717) is 31.1 Å². The van der Waals surface area contributed by atoms with Crippen LogP contribution in [-0.4, -0.2) is 57.8 Å². The highest BCUT2D eigenvalue weighted by atomic mass is 16.6. The summed E-state index contributed by atoms with van der Waals surface area (Å²) in [6, 6.07) is 0. The third-order valence-corrected chi connectivity index (χ3v) is 11.0. The molecule has 3 fully saturated rings. The molecular formula is C31H50O7. The maximum absolute atomic E-state index is 12.1. The van der Waals surface area contributed by atoms with Gasteiger partial charge in [0.25, 0.3) is 0 Å². The number of carbonyl (C=O) groups is 2. The number of rotatable bonds is 7. The van der Waals surface area contributed by atoms with Gasteiger partial charge in [-0.05, 0) is 79.4 Å². The summed E-state index contributed by atoms with van der Waals surface area (Å²) in [6.07, 6.45) is 4.29. The van der Waals surface area contributed by atoms with E-state index < -0.39 is 47.7 Å². The van der Waals surface area contributed by atoms with Crippen molar-refractivity contribution in [3.63, 3.8) is 0 Å². The maximum Gasteiger partial charge on any atom is 0.303 e. The van der Waals surface area contributed by atoms with Gasteiger partial charge in [-0.1, -0.05) is 46.3 Å². The normalized spacial score (nSPS) is 43.8. The van der Waals surface area contributed by atoms with Crippen LogP contribution < -0.4 is 0 Å². The molecule has 0 aromatic heterocycles. The molecule has 3 N–H and O–H groups in total. The Bertz CT molecular complexity index is 929. The maximum atomic E-state index is 12.1. The summed E-state index contributed by atoms with van der Waals surface area (Å²) in [5.41, 5.74) is 0.464. The predicted octanol–water partition coefficient (Wildman–Crippen LogP) is 4.41. The fourth-order valence-corrected chi connectivity index (χ4v) is 9.37. The van der Waals surface area contributed by atoms with Crippen LogP contribution in [0.2, 0.25) is 0 Å². The number of hydrogen-bond donors (Lipinski definition) is 3. The number of esters is 2. The Labute approximate surface area is 228 Å². The largest absolute Gasteiger partial charge is 0.459 e. The van der Waals surface area contributed by atoms with E-state index in [1.54, 1.807) is 0 Å². The molecule has 0 amide bonds. The molecule has 0 aromatic carbocycles. The van der Waals surface area contributed by atoms with Gasteiger partial charge in [-0.3, -0.25) is 9.59 Å². The molecule has 4 rings (SSSR count). The average molecular weight is 535 g/mol. The lowest BCUT2D eigenvalue weighted by molar-refractivity contribution is -0.206. The van der Waals surface area contributed by atoms with Crippen LogP contribution in [0.5, 0.6) is 0 Å². The second-order valence-corrected chi connectivity index (χ2v) is 13.8. The van der Waals surface area contributed by atoms with Gasteiger partial charge in [-0.2, -0.15) is 0 Å². The summed E-state index contributed by atoms with van der Waals surface area (Å²) >= 11 is 0. The first kappa shape index (κ1) is 29.5. The molecule has 12 unspecified atom stereocenters. The minimum atomic E-state index is -0.878. The van der Waals surface area contributed by atoms with E-state index in [4.69, 9.17) is 9.47 Å². The molecule has 0 saturated heterocycles. The lowest BCUT2D eigenvalue weighted by atomic mass is 9.45. The van der Waals surface area contributed by atoms with E-state index in [-0.39, 0.29) is 29.3 Å². The molecule has 4 aliphatic rings. The third kappa shape index (κ3) is 5.08. The molecule has 216 valence electrons. The van der Waals surface area contributed by atoms with Crippen molar-refractivity contribution in [3.8, 4) is 0 Å². The molecule has 0 radical (unpaired) electrons. The van der Waals surface area contributed by atoms with Crippen molar-refractivity contribution in [2.24, 2.45) is 46.3 Å². The van der Waals surface area contributed by atoms with Crippen LogP contribution in [-0.2, 0) is 19.1 Å². The van der Waals surface area contributed by atoms with E-state index >= 15 is 0 Å². The number of carbonyl (C=O) groups excluding carboxylic acids is 2. The zero-order valence-electron chi connectivity index (χ0n) is 24.4. The minimum Gasteiger partial charge on any atom is -0.459 e. The molecular weight excluding hydrogens is 484 g/mol. The van der Waals surface area contributed by atoms with E-state index in [1.807, 2.05) is 6.08 Å². The Kier molecular flexibility index (Phi) is 8.44. The van der Waals surface area contributed by atoms with Crippen LogP contribution in [0.25, 0.3) is 0 Å². The van der Waals surface area contributed by atoms with Gasteiger partial charge in [0.2, 0.25) is 0 Å². The van der Waals surface area contributed by atoms with Gasteiger partial charge in [0, 0.05) is 25.7 Å². The summed E-state index contributed by atoms with van der Waals surface area (Å²) in [5.74, 6) is -0.343. The monoisotopic (exact) mass is 534 g/mol. The molecule has 0 heterocycles. The van der Waals surface area contributed by atoms with Gasteiger partial charge in [0.15, 0.2) is 0 Å². The standard InChI is InChI=1S/C31H50O7/c1-16(2)8-11-23(34)17(3)21-9-10-22-20-14-24(35)28-29(38-19(5)33)26(37-18(4)32)12-13-30(28,6)27(20)25(36)15-31(21,22)7/h14,16-17,21-29,34-36H,8-13,15H2,1-7H3. The van der Waals surface area contributed by atoms with E-state index in [2.05, 4.69) is 34.6 Å². The summed E-state index contributed by atoms with van der Waals surface area (Å²) < 4.78 is 11.3. The zero-order valence-corrected chi connectivity index (χ0v) is 24.4. The Morgan fingerprint density at radius 1 is 1.00 bits per heavy atom. The molecule has 7 heteroatoms. The fraction of sp³-hybridized carbons (Fsp3) is 0.871. The smallest absolute Gasteiger partial charge is 0.303 e. The average Bonchev–Trinajstić information content (AvgIpc) is 3.14. The number of ether oxygens (including phenoxy) is 2. The molecule has 0 spiro atoms. The number of aliphatic hydroxyl groups is 3. The van der Waals surface area contributed by atoms with Crippen molar-refractivity contribution < 1.29 is 34.4 Å². The highest BCUT2D eigenvalue weighted by Gasteiger charge is 2.65. The molecule has 0 aromatic rings. The van der Waals surface area contributed by atoms with Crippen molar-refractivity contribution in [2.75, 3.05) is 0 Å². The molecule has 12 atom stereocenters. The molecule has 7 nitrogen and oxygen atoms in total. The molecule has 0 bridgehead atoms. The lowest BCUT2D eigenvalue weighted by Crippen LogP contribution is -2.63. The predicted molar refractivity (Wildman–Crippen MR) is 144 cm³/mol. The number of hydrogen-bond acceptors (Lipinski definition) is 7. The van der Waals surface area contributed by atoms with Gasteiger partial charge in [-0.25, -0.2) is 0 Å². The van der Waals surface area contributed by atoms with Gasteiger partial charge >= 0.3 is 11.9 Å². The Balaban J connectivity index is 1.66. The van der Waals surface area contributed by atoms with Crippen LogP contribution >= 0.6 is 0 Å². The summed E-state index contributed by atoms with van der Waals surface area (Å²) in [7, 11) is 0. The summed E-state index contributed by atoms with van der Waals surface area (Å²) in [4.78, 5) is 23.9. The molecule has 4 aliphatic carbocycles. The van der Waals surface area contributed by atoms with Gasteiger partial charge < -0.3 is 24.8 Å². The number of aliphatic hydroxyl groups excluding tert-OH is 3. The second kappa shape index (κ2) is 10.9. The van der Waals surface area contributed by atoms with Crippen LogP contribution in [0, 0.1) is 46.3 Å². The van der Waals surface area contributed by atoms with Crippen molar-refractivity contribution in [2.45, 2.75) is 124 Å². The van der Waals surface area contributed by atoms with Gasteiger partial charge in [0.1, 0.15) is 12.2 Å². The van der Waals surface area contributed by atoms with Crippen LogP contribution in [0.1, 0.15) is 93.4 Å². The van der Waals surface area contributed by atoms with Crippen molar-refractivity contribution in [1.29, 1.82) is 0 Å². The molecule has 38 heavy (non-hydrogen) atoms. The fourth-order valence-electron chi connectivity index (χ4n) is 9.37. The Hall–Kier alpha value is -1.44. The second-order valence-electron chi connectivity index (χ2n) is 13.8. The van der Waals surface area contributed by atoms with E-state index in [1.165, 1.54) is 13.8 Å². The van der Waals surface area contributed by atoms with Gasteiger partial charge in [0.05, 0.1) is 18.3 Å². The van der Waals surface area contributed by atoms with Crippen molar-refractivity contribution in [1.82, 2.24) is 0 Å². The quantitative estimate of drug-likeness (QED) is 0.327. The van der Waals surface area contributed by atoms with E-state index in [9.17, 15) is 24.9 Å². The van der Waals surface area contributed by atoms with Crippen LogP contribution in [0.3, 0.4) is 0 Å². The highest BCUT2D eigenvalue weighted by molar-refractivity contribution is 5.67. The highest BCUT2D eigenvalue weighted by Crippen LogP contribution is 2.67. The molecule has 3 saturated carbocycles. The zero-order chi connectivity index (χ0) is 28.2. The third-order valence-electron chi connectivity index (χ3n) is 11.0. The van der Waals surface area contributed by atoms with E-state index in [0.717, 1.165) is 31.3 Å². The first-order chi connectivity index (χ1) is 17.7. The summed E-state index contributed by atoms with van der Waals surface area (Å²) in [5, 5.41) is 34.5. The Morgan fingerprint density at radius 2 is 1.66 bits per heavy atom. The molecule has 0 aliphatic heterocycles. The van der Waals surface area contributed by atoms with Crippen LogP contribution in [0.4, 0.5) is 0 Å². The first-order valence-corrected chi connectivity index (χ1v) is 14.8. The SMILES string of the molecule is CC(=O)OC1CCC2(C)C3C(=CC(O)C2C1OC(C)=O)C1CCC(C(C)C(O)CCC(C)C)C1(C)CC3O. The minimum absolute atomic E-state index is 0.137. The summed E-state index contributed by atoms with van der Waals surface area (Å²) in [6.45, 7) is 13.6. The van der Waals surface area contributed by atoms with Gasteiger partial charge in [-0.15, -0.1) is 0 Å². The first-order valence-electron chi connectivity index (χ1n) is 14.8. The van der Waals surface area contributed by atoms with Crippen LogP contribution in [0.15, 0.2) is 11.6 Å². The lowest BCUT2D eigenvalue weighted by Gasteiger charge is -2.61. The topological polar surface area (TPSA) is 113 Å².